The Morgan fingerprint density at radius 3 is 2.57 bits per heavy atom. The number of carbonyl (C=O) groups is 1. The summed E-state index contributed by atoms with van der Waals surface area (Å²) in [6.07, 6.45) is 3.16. The first kappa shape index (κ1) is 19.3. The number of anilines is 1. The van der Waals surface area contributed by atoms with Gasteiger partial charge in [-0.15, -0.1) is 0 Å². The van der Waals surface area contributed by atoms with E-state index < -0.39 is 0 Å². The lowest BCUT2D eigenvalue weighted by molar-refractivity contribution is -0.116. The number of fused-ring (bicyclic) bond motifs is 1. The maximum absolute atomic E-state index is 12.5. The molecule has 7 nitrogen and oxygen atoms in total. The SMILES string of the molecule is O=C(CCn1cnc2ccccc2c1=O)Nc1ccc(OCc2ccccc2)nc1. The van der Waals surface area contributed by atoms with Gasteiger partial charge >= 0.3 is 0 Å². The van der Waals surface area contributed by atoms with Crippen molar-refractivity contribution in [1.29, 1.82) is 0 Å². The van der Waals surface area contributed by atoms with Crippen LogP contribution in [0.5, 0.6) is 5.88 Å². The van der Waals surface area contributed by atoms with Crippen LogP contribution in [0.1, 0.15) is 12.0 Å². The molecule has 0 aliphatic rings. The van der Waals surface area contributed by atoms with Gasteiger partial charge in [0.15, 0.2) is 0 Å². The molecule has 4 rings (SSSR count). The molecule has 0 spiro atoms. The molecular weight excluding hydrogens is 380 g/mol. The van der Waals surface area contributed by atoms with E-state index in [0.29, 0.717) is 29.1 Å². The molecule has 1 amide bonds. The van der Waals surface area contributed by atoms with E-state index in [9.17, 15) is 9.59 Å². The number of para-hydroxylation sites is 1. The van der Waals surface area contributed by atoms with Crippen LogP contribution in [0.15, 0.2) is 84.0 Å². The molecule has 0 aliphatic carbocycles. The maximum Gasteiger partial charge on any atom is 0.261 e. The van der Waals surface area contributed by atoms with Gasteiger partial charge in [0, 0.05) is 19.0 Å². The second-order valence-corrected chi connectivity index (χ2v) is 6.72. The maximum atomic E-state index is 12.5. The summed E-state index contributed by atoms with van der Waals surface area (Å²) in [5, 5.41) is 3.31. The fraction of sp³-hybridized carbons (Fsp3) is 0.130. The van der Waals surface area contributed by atoms with Crippen LogP contribution in [0.4, 0.5) is 5.69 Å². The normalized spacial score (nSPS) is 10.7. The Morgan fingerprint density at radius 1 is 0.967 bits per heavy atom. The van der Waals surface area contributed by atoms with Crippen molar-refractivity contribution in [3.8, 4) is 5.88 Å². The highest BCUT2D eigenvalue weighted by atomic mass is 16.5. The molecule has 0 saturated carbocycles. The van der Waals surface area contributed by atoms with Crippen LogP contribution >= 0.6 is 0 Å². The van der Waals surface area contributed by atoms with Gasteiger partial charge < -0.3 is 10.1 Å². The molecule has 0 aliphatic heterocycles. The van der Waals surface area contributed by atoms with Crippen molar-refractivity contribution in [2.45, 2.75) is 19.6 Å². The van der Waals surface area contributed by atoms with Crippen LogP contribution in [-0.4, -0.2) is 20.4 Å². The molecule has 0 radical (unpaired) electrons. The standard InChI is InChI=1S/C23H20N4O3/c28-21(12-13-27-16-25-20-9-5-4-8-19(20)23(27)29)26-18-10-11-22(24-14-18)30-15-17-6-2-1-3-7-17/h1-11,14,16H,12-13,15H2,(H,26,28). The smallest absolute Gasteiger partial charge is 0.261 e. The van der Waals surface area contributed by atoms with Gasteiger partial charge in [-0.3, -0.25) is 14.2 Å². The number of hydrogen-bond donors (Lipinski definition) is 1. The van der Waals surface area contributed by atoms with Gasteiger partial charge in [-0.2, -0.15) is 0 Å². The Morgan fingerprint density at radius 2 is 1.77 bits per heavy atom. The number of aryl methyl sites for hydroxylation is 1. The Balaban J connectivity index is 1.31. The lowest BCUT2D eigenvalue weighted by Gasteiger charge is -2.09. The summed E-state index contributed by atoms with van der Waals surface area (Å²) in [5.74, 6) is 0.264. The number of ether oxygens (including phenoxy) is 1. The first-order valence-corrected chi connectivity index (χ1v) is 9.56. The van der Waals surface area contributed by atoms with Crippen LogP contribution in [0.2, 0.25) is 0 Å². The van der Waals surface area contributed by atoms with Crippen LogP contribution < -0.4 is 15.6 Å². The van der Waals surface area contributed by atoms with Crippen LogP contribution in [0.25, 0.3) is 10.9 Å². The molecule has 2 heterocycles. The average Bonchev–Trinajstić information content (AvgIpc) is 2.79. The topological polar surface area (TPSA) is 86.1 Å². The minimum absolute atomic E-state index is 0.145. The van der Waals surface area contributed by atoms with Crippen LogP contribution in [0, 0.1) is 0 Å². The zero-order chi connectivity index (χ0) is 20.8. The largest absolute Gasteiger partial charge is 0.473 e. The second kappa shape index (κ2) is 9.00. The van der Waals surface area contributed by atoms with Crippen molar-refractivity contribution in [1.82, 2.24) is 14.5 Å². The van der Waals surface area contributed by atoms with E-state index in [0.717, 1.165) is 5.56 Å². The van der Waals surface area contributed by atoms with E-state index in [1.807, 2.05) is 36.4 Å². The van der Waals surface area contributed by atoms with E-state index in [-0.39, 0.29) is 24.4 Å². The summed E-state index contributed by atoms with van der Waals surface area (Å²) in [4.78, 5) is 33.2. The molecule has 0 atom stereocenters. The summed E-state index contributed by atoms with van der Waals surface area (Å²) in [5.41, 5.74) is 2.10. The molecule has 0 fully saturated rings. The molecule has 7 heteroatoms. The number of nitrogens with zero attached hydrogens (tertiary/aromatic N) is 3. The van der Waals surface area contributed by atoms with Gasteiger partial charge in [0.05, 0.1) is 29.1 Å². The molecule has 2 aromatic carbocycles. The first-order chi connectivity index (χ1) is 14.7. The fourth-order valence-corrected chi connectivity index (χ4v) is 2.98. The molecule has 4 aromatic rings. The van der Waals surface area contributed by atoms with Crippen LogP contribution in [0.3, 0.4) is 0 Å². The number of amides is 1. The molecular formula is C23H20N4O3. The second-order valence-electron chi connectivity index (χ2n) is 6.72. The van der Waals surface area contributed by atoms with Gasteiger partial charge in [0.2, 0.25) is 11.8 Å². The van der Waals surface area contributed by atoms with E-state index in [1.54, 1.807) is 36.5 Å². The van der Waals surface area contributed by atoms with Crippen LogP contribution in [-0.2, 0) is 17.9 Å². The minimum Gasteiger partial charge on any atom is -0.473 e. The van der Waals surface area contributed by atoms with E-state index in [2.05, 4.69) is 15.3 Å². The summed E-state index contributed by atoms with van der Waals surface area (Å²) < 4.78 is 7.08. The summed E-state index contributed by atoms with van der Waals surface area (Å²) >= 11 is 0. The Bertz CT molecular complexity index is 1200. The monoisotopic (exact) mass is 400 g/mol. The van der Waals surface area contributed by atoms with E-state index >= 15 is 0 Å². The number of hydrogen-bond acceptors (Lipinski definition) is 5. The van der Waals surface area contributed by atoms with Gasteiger partial charge in [-0.25, -0.2) is 9.97 Å². The number of rotatable bonds is 7. The third-order valence-corrected chi connectivity index (χ3v) is 4.56. The van der Waals surface area contributed by atoms with E-state index in [4.69, 9.17) is 4.74 Å². The molecule has 0 unspecified atom stereocenters. The van der Waals surface area contributed by atoms with Crippen molar-refractivity contribution < 1.29 is 9.53 Å². The predicted octanol–water partition coefficient (Wildman–Crippen LogP) is 3.40. The molecule has 0 bridgehead atoms. The summed E-state index contributed by atoms with van der Waals surface area (Å²) in [7, 11) is 0. The third-order valence-electron chi connectivity index (χ3n) is 4.56. The van der Waals surface area contributed by atoms with Gasteiger partial charge in [0.25, 0.3) is 5.56 Å². The van der Waals surface area contributed by atoms with Crippen molar-refractivity contribution >= 4 is 22.5 Å². The number of pyridine rings is 1. The molecule has 1 N–H and O–H groups in total. The first-order valence-electron chi connectivity index (χ1n) is 9.56. The van der Waals surface area contributed by atoms with Crippen molar-refractivity contribution in [3.63, 3.8) is 0 Å². The molecule has 2 aromatic heterocycles. The number of aromatic nitrogens is 3. The van der Waals surface area contributed by atoms with Crippen molar-refractivity contribution in [3.05, 3.63) is 95.2 Å². The van der Waals surface area contributed by atoms with Crippen molar-refractivity contribution in [2.24, 2.45) is 0 Å². The van der Waals surface area contributed by atoms with E-state index in [1.165, 1.54) is 10.9 Å². The highest BCUT2D eigenvalue weighted by Crippen LogP contribution is 2.14. The zero-order valence-electron chi connectivity index (χ0n) is 16.2. The highest BCUT2D eigenvalue weighted by Gasteiger charge is 2.07. The lowest BCUT2D eigenvalue weighted by Crippen LogP contribution is -2.23. The summed E-state index contributed by atoms with van der Waals surface area (Å²) in [6.45, 7) is 0.669. The lowest BCUT2D eigenvalue weighted by atomic mass is 10.2. The molecule has 150 valence electrons. The molecule has 0 saturated heterocycles. The Hall–Kier alpha value is -4.00. The molecule has 30 heavy (non-hydrogen) atoms. The Kier molecular flexibility index (Phi) is 5.80. The predicted molar refractivity (Wildman–Crippen MR) is 114 cm³/mol. The number of benzene rings is 2. The summed E-state index contributed by atoms with van der Waals surface area (Å²) in [6, 6.07) is 20.4. The fourth-order valence-electron chi connectivity index (χ4n) is 2.98. The number of carbonyl (C=O) groups excluding carboxylic acids is 1. The average molecular weight is 400 g/mol. The highest BCUT2D eigenvalue weighted by molar-refractivity contribution is 5.90. The van der Waals surface area contributed by atoms with Crippen molar-refractivity contribution in [2.75, 3.05) is 5.32 Å². The van der Waals surface area contributed by atoms with Gasteiger partial charge in [-0.1, -0.05) is 42.5 Å². The van der Waals surface area contributed by atoms with Gasteiger partial charge in [-0.05, 0) is 23.8 Å². The zero-order valence-corrected chi connectivity index (χ0v) is 16.2. The number of nitrogens with one attached hydrogen (secondary N) is 1. The third kappa shape index (κ3) is 4.70. The Labute approximate surface area is 173 Å². The quantitative estimate of drug-likeness (QED) is 0.514. The minimum atomic E-state index is -0.213. The van der Waals surface area contributed by atoms with Gasteiger partial charge in [0.1, 0.15) is 6.61 Å².